The summed E-state index contributed by atoms with van der Waals surface area (Å²) in [6.07, 6.45) is 0. The SMILES string of the molecule is c1ccc(-c2cc(-c3ccc(-n4c5ccccc5c5c6c7ccccc7ccc6c6ccccc6c54)cc3)nc(-c3cc4ccccc4c4ccccc34)c2)cc1. The molecule has 2 nitrogen and oxygen atoms in total. The number of nitrogens with zero attached hydrogens (tertiary/aromatic N) is 2. The first-order valence-electron chi connectivity index (χ1n) is 19.6. The van der Waals surface area contributed by atoms with Gasteiger partial charge in [-0.15, -0.1) is 0 Å². The molecule has 0 spiro atoms. The van der Waals surface area contributed by atoms with Gasteiger partial charge in [-0.05, 0) is 90.6 Å². The van der Waals surface area contributed by atoms with Gasteiger partial charge >= 0.3 is 0 Å². The Morgan fingerprint density at radius 3 is 1.70 bits per heavy atom. The Morgan fingerprint density at radius 2 is 0.912 bits per heavy atom. The van der Waals surface area contributed by atoms with E-state index in [9.17, 15) is 0 Å². The average molecular weight is 723 g/mol. The van der Waals surface area contributed by atoms with Gasteiger partial charge in [-0.1, -0.05) is 170 Å². The highest BCUT2D eigenvalue weighted by Crippen LogP contribution is 2.45. The molecule has 0 aliphatic heterocycles. The van der Waals surface area contributed by atoms with Crippen molar-refractivity contribution in [3.05, 3.63) is 206 Å². The third-order valence-corrected chi connectivity index (χ3v) is 11.9. The van der Waals surface area contributed by atoms with Crippen molar-refractivity contribution < 1.29 is 0 Å². The fraction of sp³-hybridized carbons (Fsp3) is 0. The molecular formula is C55H34N2. The van der Waals surface area contributed by atoms with Crippen LogP contribution >= 0.6 is 0 Å². The van der Waals surface area contributed by atoms with Crippen molar-refractivity contribution in [2.75, 3.05) is 0 Å². The number of fused-ring (bicyclic) bond motifs is 13. The minimum Gasteiger partial charge on any atom is -0.309 e. The van der Waals surface area contributed by atoms with Crippen LogP contribution in [0.25, 0.3) is 115 Å². The van der Waals surface area contributed by atoms with Crippen molar-refractivity contribution in [3.63, 3.8) is 0 Å². The minimum atomic E-state index is 0.945. The Morgan fingerprint density at radius 1 is 0.316 bits per heavy atom. The second-order valence-electron chi connectivity index (χ2n) is 15.1. The fourth-order valence-corrected chi connectivity index (χ4v) is 9.37. The molecule has 57 heavy (non-hydrogen) atoms. The van der Waals surface area contributed by atoms with Gasteiger partial charge in [-0.2, -0.15) is 0 Å². The van der Waals surface area contributed by atoms with E-state index in [1.165, 1.54) is 81.2 Å². The standard InChI is InChI=1S/C55H34N2/c1-2-14-35(15-3-1)39-33-50(56-51(34-39)49-32-38-17-5-6-18-41(38)43-20-8-9-21-44(43)49)37-26-29-40(30-27-37)57-52-25-13-12-24-48(52)54-53-42-19-7-4-16-36(42)28-31-46(53)45-22-10-11-23-47(45)55(54)57/h1-34H. The van der Waals surface area contributed by atoms with E-state index in [1.807, 2.05) is 0 Å². The molecule has 0 radical (unpaired) electrons. The first-order chi connectivity index (χ1) is 28.3. The minimum absolute atomic E-state index is 0.945. The summed E-state index contributed by atoms with van der Waals surface area (Å²) in [6.45, 7) is 0. The van der Waals surface area contributed by atoms with Gasteiger partial charge in [0.25, 0.3) is 0 Å². The lowest BCUT2D eigenvalue weighted by atomic mass is 9.93. The van der Waals surface area contributed by atoms with Crippen molar-refractivity contribution in [2.45, 2.75) is 0 Å². The van der Waals surface area contributed by atoms with Gasteiger partial charge in [-0.25, -0.2) is 4.98 Å². The predicted octanol–water partition coefficient (Wildman–Crippen LogP) is 14.9. The quantitative estimate of drug-likeness (QED) is 0.165. The summed E-state index contributed by atoms with van der Waals surface area (Å²) in [4.78, 5) is 5.45. The lowest BCUT2D eigenvalue weighted by Crippen LogP contribution is -1.96. The number of benzene rings is 10. The fourth-order valence-electron chi connectivity index (χ4n) is 9.37. The molecule has 0 N–H and O–H groups in total. The number of hydrogen-bond donors (Lipinski definition) is 0. The second-order valence-corrected chi connectivity index (χ2v) is 15.1. The molecule has 0 fully saturated rings. The second kappa shape index (κ2) is 12.5. The van der Waals surface area contributed by atoms with Crippen LogP contribution < -0.4 is 0 Å². The van der Waals surface area contributed by atoms with Crippen LogP contribution in [0.5, 0.6) is 0 Å². The Hall–Kier alpha value is -7.55. The number of pyridine rings is 1. The lowest BCUT2D eigenvalue weighted by molar-refractivity contribution is 1.19. The summed E-state index contributed by atoms with van der Waals surface area (Å²) >= 11 is 0. The summed E-state index contributed by atoms with van der Waals surface area (Å²) in [5.41, 5.74) is 9.98. The molecule has 12 rings (SSSR count). The maximum Gasteiger partial charge on any atom is 0.0722 e. The van der Waals surface area contributed by atoms with Crippen LogP contribution in [0.15, 0.2) is 206 Å². The zero-order chi connectivity index (χ0) is 37.5. The topological polar surface area (TPSA) is 17.8 Å². The molecule has 0 aliphatic rings. The number of rotatable bonds is 4. The normalized spacial score (nSPS) is 11.9. The Balaban J connectivity index is 1.09. The number of aromatic nitrogens is 2. The van der Waals surface area contributed by atoms with Crippen molar-refractivity contribution >= 4 is 75.7 Å². The molecule has 0 amide bonds. The highest BCUT2D eigenvalue weighted by atomic mass is 15.0. The van der Waals surface area contributed by atoms with Crippen molar-refractivity contribution in [2.24, 2.45) is 0 Å². The predicted molar refractivity (Wildman–Crippen MR) is 242 cm³/mol. The van der Waals surface area contributed by atoms with Gasteiger partial charge in [0.2, 0.25) is 0 Å². The summed E-state index contributed by atoms with van der Waals surface area (Å²) < 4.78 is 2.47. The summed E-state index contributed by atoms with van der Waals surface area (Å²) in [7, 11) is 0. The highest BCUT2D eigenvalue weighted by molar-refractivity contribution is 6.36. The van der Waals surface area contributed by atoms with Crippen LogP contribution in [0, 0.1) is 0 Å². The smallest absolute Gasteiger partial charge is 0.0722 e. The van der Waals surface area contributed by atoms with Gasteiger partial charge in [0.15, 0.2) is 0 Å². The highest BCUT2D eigenvalue weighted by Gasteiger charge is 2.20. The maximum absolute atomic E-state index is 5.45. The van der Waals surface area contributed by atoms with Crippen molar-refractivity contribution in [3.8, 4) is 39.3 Å². The average Bonchev–Trinajstić information content (AvgIpc) is 3.64. The van der Waals surface area contributed by atoms with Crippen LogP contribution in [-0.2, 0) is 0 Å². The molecular weight excluding hydrogens is 689 g/mol. The zero-order valence-electron chi connectivity index (χ0n) is 31.0. The van der Waals surface area contributed by atoms with Gasteiger partial charge in [0.05, 0.1) is 22.4 Å². The van der Waals surface area contributed by atoms with E-state index in [0.717, 1.165) is 33.8 Å². The van der Waals surface area contributed by atoms with Crippen LogP contribution in [0.3, 0.4) is 0 Å². The molecule has 2 aromatic heterocycles. The Bertz CT molecular complexity index is 3560. The van der Waals surface area contributed by atoms with E-state index in [0.29, 0.717) is 0 Å². The Labute approximate surface area is 329 Å². The first-order valence-corrected chi connectivity index (χ1v) is 19.6. The first kappa shape index (κ1) is 31.8. The molecule has 2 heteroatoms. The molecule has 10 aromatic carbocycles. The van der Waals surface area contributed by atoms with Gasteiger partial charge < -0.3 is 4.57 Å². The molecule has 12 aromatic rings. The van der Waals surface area contributed by atoms with Gasteiger partial charge in [0.1, 0.15) is 0 Å². The van der Waals surface area contributed by atoms with Crippen LogP contribution in [0.1, 0.15) is 0 Å². The summed E-state index contributed by atoms with van der Waals surface area (Å²) in [5.74, 6) is 0. The van der Waals surface area contributed by atoms with E-state index >= 15 is 0 Å². The van der Waals surface area contributed by atoms with Crippen LogP contribution in [0.2, 0.25) is 0 Å². The van der Waals surface area contributed by atoms with E-state index in [4.69, 9.17) is 4.98 Å². The molecule has 2 heterocycles. The van der Waals surface area contributed by atoms with Gasteiger partial charge in [-0.3, -0.25) is 0 Å². The molecule has 0 atom stereocenters. The van der Waals surface area contributed by atoms with E-state index < -0.39 is 0 Å². The summed E-state index contributed by atoms with van der Waals surface area (Å²) in [6, 6.07) is 75.0. The molecule has 264 valence electrons. The lowest BCUT2D eigenvalue weighted by Gasteiger charge is -2.15. The maximum atomic E-state index is 5.45. The third kappa shape index (κ3) is 4.87. The zero-order valence-corrected chi connectivity index (χ0v) is 31.0. The molecule has 0 saturated carbocycles. The van der Waals surface area contributed by atoms with E-state index in [-0.39, 0.29) is 0 Å². The number of para-hydroxylation sites is 1. The Kier molecular flexibility index (Phi) is 6.96. The van der Waals surface area contributed by atoms with Crippen molar-refractivity contribution in [1.82, 2.24) is 9.55 Å². The molecule has 0 aliphatic carbocycles. The molecule has 0 bridgehead atoms. The summed E-state index contributed by atoms with van der Waals surface area (Å²) in [5, 5.41) is 15.1. The van der Waals surface area contributed by atoms with Crippen LogP contribution in [0.4, 0.5) is 0 Å². The van der Waals surface area contributed by atoms with Crippen LogP contribution in [-0.4, -0.2) is 9.55 Å². The third-order valence-electron chi connectivity index (χ3n) is 11.9. The largest absolute Gasteiger partial charge is 0.309 e. The number of hydrogen-bond acceptors (Lipinski definition) is 1. The van der Waals surface area contributed by atoms with E-state index in [1.54, 1.807) is 0 Å². The monoisotopic (exact) mass is 722 g/mol. The molecule has 0 unspecified atom stereocenters. The van der Waals surface area contributed by atoms with Gasteiger partial charge in [0, 0.05) is 38.4 Å². The molecule has 0 saturated heterocycles. The van der Waals surface area contributed by atoms with E-state index in [2.05, 4.69) is 211 Å². The van der Waals surface area contributed by atoms with Crippen molar-refractivity contribution in [1.29, 1.82) is 0 Å².